The zero-order valence-electron chi connectivity index (χ0n) is 17.5. The summed E-state index contributed by atoms with van der Waals surface area (Å²) in [6.45, 7) is 3.10. The number of carbonyl (C=O) groups excluding carboxylic acids is 2. The number of nitrogens with one attached hydrogen (secondary N) is 1. The van der Waals surface area contributed by atoms with Crippen molar-refractivity contribution < 1.29 is 27.5 Å². The molecule has 1 aliphatic rings. The molecular formula is C23H25F3N2O3. The molecule has 8 heteroatoms. The van der Waals surface area contributed by atoms with Gasteiger partial charge in [-0.05, 0) is 61.2 Å². The molecule has 0 saturated carbocycles. The summed E-state index contributed by atoms with van der Waals surface area (Å²) in [4.78, 5) is 26.7. The molecule has 0 radical (unpaired) electrons. The summed E-state index contributed by atoms with van der Waals surface area (Å²) in [5.41, 5.74) is 1.38. The molecule has 1 fully saturated rings. The lowest BCUT2D eigenvalue weighted by molar-refractivity contribution is -0.137. The van der Waals surface area contributed by atoms with E-state index in [1.165, 1.54) is 12.1 Å². The number of rotatable bonds is 5. The van der Waals surface area contributed by atoms with Gasteiger partial charge in [0.1, 0.15) is 5.75 Å². The van der Waals surface area contributed by atoms with Gasteiger partial charge in [-0.2, -0.15) is 13.2 Å². The fourth-order valence-electron chi connectivity index (χ4n) is 3.64. The number of carbonyl (C=O) groups is 2. The highest BCUT2D eigenvalue weighted by Gasteiger charge is 2.31. The first-order valence-electron chi connectivity index (χ1n) is 10.1. The van der Waals surface area contributed by atoms with Crippen LogP contribution in [0.25, 0.3) is 0 Å². The smallest absolute Gasteiger partial charge is 0.416 e. The second-order valence-electron chi connectivity index (χ2n) is 7.66. The van der Waals surface area contributed by atoms with Gasteiger partial charge in [-0.3, -0.25) is 9.59 Å². The Balaban J connectivity index is 1.50. The zero-order chi connectivity index (χ0) is 22.6. The molecule has 1 heterocycles. The summed E-state index contributed by atoms with van der Waals surface area (Å²) in [6, 6.07) is 9.97. The summed E-state index contributed by atoms with van der Waals surface area (Å²) in [5.74, 6) is 0.173. The molecular weight excluding hydrogens is 409 g/mol. The van der Waals surface area contributed by atoms with Crippen LogP contribution in [-0.2, 0) is 17.5 Å². The standard InChI is InChI=1S/C23H25F3N2O3/c1-15-3-4-16(13-20(15)31-2)14-27-21(29)17-9-11-28(12-10-17)22(30)18-5-7-19(8-6-18)23(24,25)26/h3-8,13,17H,9-12,14H2,1-2H3,(H,27,29). The number of likely N-dealkylation sites (tertiary alicyclic amines) is 1. The zero-order valence-corrected chi connectivity index (χ0v) is 17.5. The number of alkyl halides is 3. The molecule has 2 aromatic rings. The number of amides is 2. The first-order valence-corrected chi connectivity index (χ1v) is 10.1. The Morgan fingerprint density at radius 3 is 2.32 bits per heavy atom. The van der Waals surface area contributed by atoms with Crippen molar-refractivity contribution in [3.63, 3.8) is 0 Å². The van der Waals surface area contributed by atoms with Crippen molar-refractivity contribution in [3.05, 3.63) is 64.7 Å². The number of methoxy groups -OCH3 is 1. The van der Waals surface area contributed by atoms with Crippen LogP contribution in [0.3, 0.4) is 0 Å². The van der Waals surface area contributed by atoms with Gasteiger partial charge in [0, 0.05) is 31.1 Å². The Hall–Kier alpha value is -3.03. The van der Waals surface area contributed by atoms with Gasteiger partial charge in [0.2, 0.25) is 5.91 Å². The summed E-state index contributed by atoms with van der Waals surface area (Å²) >= 11 is 0. The predicted octanol–water partition coefficient (Wildman–Crippen LogP) is 4.19. The van der Waals surface area contributed by atoms with Crippen LogP contribution in [0.2, 0.25) is 0 Å². The van der Waals surface area contributed by atoms with E-state index < -0.39 is 11.7 Å². The van der Waals surface area contributed by atoms with Crippen molar-refractivity contribution in [1.29, 1.82) is 0 Å². The van der Waals surface area contributed by atoms with Gasteiger partial charge in [-0.1, -0.05) is 12.1 Å². The normalized spacial score (nSPS) is 14.9. The van der Waals surface area contributed by atoms with Crippen molar-refractivity contribution in [1.82, 2.24) is 10.2 Å². The van der Waals surface area contributed by atoms with Gasteiger partial charge in [0.15, 0.2) is 0 Å². The van der Waals surface area contributed by atoms with Gasteiger partial charge in [0.05, 0.1) is 12.7 Å². The molecule has 5 nitrogen and oxygen atoms in total. The molecule has 0 aliphatic carbocycles. The van der Waals surface area contributed by atoms with Crippen molar-refractivity contribution in [3.8, 4) is 5.75 Å². The summed E-state index contributed by atoms with van der Waals surface area (Å²) in [6.07, 6.45) is -3.41. The number of piperidine rings is 1. The van der Waals surface area contributed by atoms with Gasteiger partial charge in [-0.15, -0.1) is 0 Å². The molecule has 0 aromatic heterocycles. The van der Waals surface area contributed by atoms with Crippen LogP contribution in [0.5, 0.6) is 5.75 Å². The van der Waals surface area contributed by atoms with Crippen molar-refractivity contribution in [2.45, 2.75) is 32.5 Å². The van der Waals surface area contributed by atoms with Crippen LogP contribution in [0, 0.1) is 12.8 Å². The van der Waals surface area contributed by atoms with E-state index in [4.69, 9.17) is 4.74 Å². The Labute approximate surface area is 179 Å². The van der Waals surface area contributed by atoms with E-state index in [-0.39, 0.29) is 23.3 Å². The molecule has 31 heavy (non-hydrogen) atoms. The number of hydrogen-bond acceptors (Lipinski definition) is 3. The van der Waals surface area contributed by atoms with Crippen LogP contribution in [-0.4, -0.2) is 36.9 Å². The highest BCUT2D eigenvalue weighted by Crippen LogP contribution is 2.29. The summed E-state index contributed by atoms with van der Waals surface area (Å²) in [5, 5.41) is 2.93. The van der Waals surface area contributed by atoms with E-state index in [1.807, 2.05) is 25.1 Å². The highest BCUT2D eigenvalue weighted by molar-refractivity contribution is 5.94. The lowest BCUT2D eigenvalue weighted by Gasteiger charge is -2.31. The number of hydrogen-bond donors (Lipinski definition) is 1. The Morgan fingerprint density at radius 2 is 1.74 bits per heavy atom. The lowest BCUT2D eigenvalue weighted by atomic mass is 9.95. The van der Waals surface area contributed by atoms with Crippen LogP contribution in [0.4, 0.5) is 13.2 Å². The second kappa shape index (κ2) is 9.41. The lowest BCUT2D eigenvalue weighted by Crippen LogP contribution is -2.42. The van der Waals surface area contributed by atoms with Crippen molar-refractivity contribution >= 4 is 11.8 Å². The van der Waals surface area contributed by atoms with Crippen molar-refractivity contribution in [2.24, 2.45) is 5.92 Å². The fourth-order valence-corrected chi connectivity index (χ4v) is 3.64. The number of nitrogens with zero attached hydrogens (tertiary/aromatic N) is 1. The molecule has 3 rings (SSSR count). The molecule has 2 aromatic carbocycles. The second-order valence-corrected chi connectivity index (χ2v) is 7.66. The van der Waals surface area contributed by atoms with Gasteiger partial charge < -0.3 is 15.0 Å². The van der Waals surface area contributed by atoms with E-state index >= 15 is 0 Å². The molecule has 1 N–H and O–H groups in total. The van der Waals surface area contributed by atoms with E-state index in [0.29, 0.717) is 32.5 Å². The first-order chi connectivity index (χ1) is 14.7. The maximum atomic E-state index is 12.7. The molecule has 1 aliphatic heterocycles. The quantitative estimate of drug-likeness (QED) is 0.768. The number of ether oxygens (including phenoxy) is 1. The first kappa shape index (κ1) is 22.7. The number of aryl methyl sites for hydroxylation is 1. The molecule has 2 amide bonds. The monoisotopic (exact) mass is 434 g/mol. The highest BCUT2D eigenvalue weighted by atomic mass is 19.4. The third-order valence-corrected chi connectivity index (χ3v) is 5.55. The largest absolute Gasteiger partial charge is 0.496 e. The minimum atomic E-state index is -4.43. The topological polar surface area (TPSA) is 58.6 Å². The third-order valence-electron chi connectivity index (χ3n) is 5.55. The van der Waals surface area contributed by atoms with Crippen LogP contribution >= 0.6 is 0 Å². The minimum absolute atomic E-state index is 0.0684. The average molecular weight is 434 g/mol. The summed E-state index contributed by atoms with van der Waals surface area (Å²) < 4.78 is 43.3. The third kappa shape index (κ3) is 5.57. The Bertz CT molecular complexity index is 934. The van der Waals surface area contributed by atoms with Crippen molar-refractivity contribution in [2.75, 3.05) is 20.2 Å². The summed E-state index contributed by atoms with van der Waals surface area (Å²) in [7, 11) is 1.60. The van der Waals surface area contributed by atoms with Crippen LogP contribution in [0.1, 0.15) is 39.9 Å². The van der Waals surface area contributed by atoms with E-state index in [2.05, 4.69) is 5.32 Å². The Morgan fingerprint density at radius 1 is 1.10 bits per heavy atom. The number of benzene rings is 2. The minimum Gasteiger partial charge on any atom is -0.496 e. The van der Waals surface area contributed by atoms with E-state index in [0.717, 1.165) is 29.0 Å². The molecule has 166 valence electrons. The SMILES string of the molecule is COc1cc(CNC(=O)C2CCN(C(=O)c3ccc(C(F)(F)F)cc3)CC2)ccc1C. The molecule has 1 saturated heterocycles. The average Bonchev–Trinajstić information content (AvgIpc) is 2.77. The molecule has 0 bridgehead atoms. The van der Waals surface area contributed by atoms with Crippen LogP contribution < -0.4 is 10.1 Å². The van der Waals surface area contributed by atoms with Gasteiger partial charge in [0.25, 0.3) is 5.91 Å². The molecule has 0 atom stereocenters. The van der Waals surface area contributed by atoms with Gasteiger partial charge >= 0.3 is 6.18 Å². The van der Waals surface area contributed by atoms with E-state index in [1.54, 1.807) is 12.0 Å². The maximum absolute atomic E-state index is 12.7. The Kier molecular flexibility index (Phi) is 6.87. The fraction of sp³-hybridized carbons (Fsp3) is 0.391. The molecule has 0 unspecified atom stereocenters. The molecule has 0 spiro atoms. The van der Waals surface area contributed by atoms with E-state index in [9.17, 15) is 22.8 Å². The number of halogens is 3. The van der Waals surface area contributed by atoms with Crippen LogP contribution in [0.15, 0.2) is 42.5 Å². The predicted molar refractivity (Wildman–Crippen MR) is 110 cm³/mol. The maximum Gasteiger partial charge on any atom is 0.416 e. The van der Waals surface area contributed by atoms with Gasteiger partial charge in [-0.25, -0.2) is 0 Å².